The van der Waals surface area contributed by atoms with E-state index in [2.05, 4.69) is 50.7 Å². The first-order valence-electron chi connectivity index (χ1n) is 18.5. The molecule has 300 valence electrons. The lowest BCUT2D eigenvalue weighted by Crippen LogP contribution is -2.47. The largest absolute Gasteiger partial charge is 0.477 e. The van der Waals surface area contributed by atoms with Crippen molar-refractivity contribution in [1.82, 2.24) is 59.3 Å². The molecule has 0 amide bonds. The molecule has 4 N–H and O–H groups in total. The van der Waals surface area contributed by atoms with Gasteiger partial charge in [0.05, 0.1) is 59.1 Å². The Bertz CT molecular complexity index is 2130. The van der Waals surface area contributed by atoms with Crippen LogP contribution >= 0.6 is 0 Å². The fraction of sp³-hybridized carbons (Fsp3) is 0.500. The average molecular weight is 783 g/mol. The molecule has 6 aromatic heterocycles. The normalized spacial score (nSPS) is 19.8. The van der Waals surface area contributed by atoms with E-state index in [-0.39, 0.29) is 25.9 Å². The summed E-state index contributed by atoms with van der Waals surface area (Å²) >= 11 is 0. The number of rotatable bonds is 10. The van der Waals surface area contributed by atoms with Crippen molar-refractivity contribution in [3.05, 3.63) is 48.3 Å². The van der Waals surface area contributed by atoms with E-state index >= 15 is 0 Å². The third-order valence-corrected chi connectivity index (χ3v) is 10.1. The van der Waals surface area contributed by atoms with Gasteiger partial charge in [0.15, 0.2) is 0 Å². The topological polar surface area (TPSA) is 168 Å². The summed E-state index contributed by atoms with van der Waals surface area (Å²) in [5.74, 6) is -4.06. The van der Waals surface area contributed by atoms with Crippen molar-refractivity contribution in [2.75, 3.05) is 64.1 Å². The molecule has 2 saturated heterocycles. The zero-order valence-corrected chi connectivity index (χ0v) is 32.1. The zero-order chi connectivity index (χ0) is 39.8. The number of fused-ring (bicyclic) bond motifs is 2. The third kappa shape index (κ3) is 7.79. The van der Waals surface area contributed by atoms with Gasteiger partial charge in [-0.2, -0.15) is 30.1 Å². The summed E-state index contributed by atoms with van der Waals surface area (Å²) in [6.07, 6.45) is 6.22. The van der Waals surface area contributed by atoms with E-state index in [1.807, 2.05) is 49.9 Å². The molecule has 20 heteroatoms. The average Bonchev–Trinajstić information content (AvgIpc) is 3.97. The second-order valence-corrected chi connectivity index (χ2v) is 14.1. The summed E-state index contributed by atoms with van der Waals surface area (Å²) in [6.45, 7) is 9.46. The van der Waals surface area contributed by atoms with Crippen LogP contribution < -0.4 is 20.1 Å². The molecule has 8 heterocycles. The smallest absolute Gasteiger partial charge is 0.272 e. The standard InChI is InChI=1S/2C18H23F2N7O/c2*1-4-28-16-12-5-7-21-15(12)24-17(25-16)23-13-9-22-27(11(13)2)14-10-26(3)8-6-18(14,19)20/h2*5,7,9,14H,4,6,8,10H2,1-3H3,(H2,21,23,24,25). The number of H-pyrrole nitrogens is 2. The van der Waals surface area contributed by atoms with Gasteiger partial charge in [0.25, 0.3) is 11.8 Å². The monoisotopic (exact) mass is 782 g/mol. The highest BCUT2D eigenvalue weighted by Gasteiger charge is 2.46. The number of alkyl halides is 4. The van der Waals surface area contributed by atoms with E-state index < -0.39 is 23.9 Å². The predicted molar refractivity (Wildman–Crippen MR) is 203 cm³/mol. The number of hydrogen-bond donors (Lipinski definition) is 4. The summed E-state index contributed by atoms with van der Waals surface area (Å²) < 4.78 is 71.8. The Morgan fingerprint density at radius 2 is 1.11 bits per heavy atom. The minimum absolute atomic E-state index is 0.180. The van der Waals surface area contributed by atoms with E-state index in [1.54, 1.807) is 26.2 Å². The number of halogens is 4. The molecule has 6 aromatic rings. The SMILES string of the molecule is CCOc1nc(Nc2cnn(C3CN(C)CCC3(F)F)c2C)nc2[nH]ccc12.CCOc1nc(Nc2cnn(C3CN(C)CCC3(F)F)c2C)nc2[nH]ccc12. The van der Waals surface area contributed by atoms with Crippen LogP contribution in [-0.4, -0.2) is 125 Å². The maximum absolute atomic E-state index is 14.5. The summed E-state index contributed by atoms with van der Waals surface area (Å²) in [4.78, 5) is 27.5. The summed E-state index contributed by atoms with van der Waals surface area (Å²) in [7, 11) is 3.68. The first kappa shape index (κ1) is 38.8. The molecule has 0 spiro atoms. The molecule has 2 aliphatic heterocycles. The van der Waals surface area contributed by atoms with Gasteiger partial charge in [0, 0.05) is 51.4 Å². The number of ether oxygens (including phenoxy) is 2. The number of aromatic nitrogens is 10. The molecule has 2 aliphatic rings. The van der Waals surface area contributed by atoms with Crippen LogP contribution in [0.4, 0.5) is 40.8 Å². The number of piperidine rings is 2. The first-order chi connectivity index (χ1) is 26.8. The van der Waals surface area contributed by atoms with Gasteiger partial charge < -0.3 is 39.9 Å². The van der Waals surface area contributed by atoms with E-state index in [9.17, 15) is 17.6 Å². The Labute approximate surface area is 320 Å². The summed E-state index contributed by atoms with van der Waals surface area (Å²) in [5.41, 5.74) is 3.63. The Balaban J connectivity index is 0.000000172. The number of hydrogen-bond acceptors (Lipinski definition) is 12. The van der Waals surface area contributed by atoms with Crippen molar-refractivity contribution in [3.63, 3.8) is 0 Å². The molecule has 0 aromatic carbocycles. The van der Waals surface area contributed by atoms with Gasteiger partial charge in [-0.15, -0.1) is 0 Å². The van der Waals surface area contributed by atoms with Gasteiger partial charge in [-0.1, -0.05) is 0 Å². The van der Waals surface area contributed by atoms with Crippen molar-refractivity contribution < 1.29 is 27.0 Å². The van der Waals surface area contributed by atoms with Crippen LogP contribution in [0, 0.1) is 13.8 Å². The van der Waals surface area contributed by atoms with Crippen LogP contribution in [0.5, 0.6) is 11.8 Å². The maximum Gasteiger partial charge on any atom is 0.272 e. The summed E-state index contributed by atoms with van der Waals surface area (Å²) in [6, 6.07) is 1.67. The highest BCUT2D eigenvalue weighted by atomic mass is 19.3. The minimum atomic E-state index is -2.80. The van der Waals surface area contributed by atoms with E-state index in [0.29, 0.717) is 84.0 Å². The number of likely N-dealkylation sites (tertiary alicyclic amines) is 2. The maximum atomic E-state index is 14.5. The zero-order valence-electron chi connectivity index (χ0n) is 32.1. The Morgan fingerprint density at radius 1 is 0.696 bits per heavy atom. The highest BCUT2D eigenvalue weighted by molar-refractivity contribution is 5.83. The number of nitrogens with one attached hydrogen (secondary N) is 4. The second kappa shape index (κ2) is 15.6. The molecule has 2 atom stereocenters. The van der Waals surface area contributed by atoms with Gasteiger partial charge >= 0.3 is 0 Å². The van der Waals surface area contributed by atoms with Crippen molar-refractivity contribution >= 4 is 45.3 Å². The van der Waals surface area contributed by atoms with Crippen molar-refractivity contribution in [2.24, 2.45) is 0 Å². The van der Waals surface area contributed by atoms with E-state index in [0.717, 1.165) is 10.8 Å². The van der Waals surface area contributed by atoms with Crippen LogP contribution in [-0.2, 0) is 0 Å². The van der Waals surface area contributed by atoms with Gasteiger partial charge in [0.2, 0.25) is 23.7 Å². The minimum Gasteiger partial charge on any atom is -0.477 e. The number of aromatic amines is 2. The van der Waals surface area contributed by atoms with Crippen LogP contribution in [0.2, 0.25) is 0 Å². The lowest BCUT2D eigenvalue weighted by Gasteiger charge is -2.37. The van der Waals surface area contributed by atoms with Gasteiger partial charge in [-0.25, -0.2) is 17.6 Å². The highest BCUT2D eigenvalue weighted by Crippen LogP contribution is 2.39. The predicted octanol–water partition coefficient (Wildman–Crippen LogP) is 6.23. The summed E-state index contributed by atoms with van der Waals surface area (Å²) in [5, 5.41) is 16.2. The quantitative estimate of drug-likeness (QED) is 0.116. The lowest BCUT2D eigenvalue weighted by atomic mass is 10.0. The molecule has 0 aliphatic carbocycles. The number of likely N-dealkylation sites (N-methyl/N-ethyl adjacent to an activating group) is 2. The van der Waals surface area contributed by atoms with Gasteiger partial charge in [-0.3, -0.25) is 9.36 Å². The van der Waals surface area contributed by atoms with Crippen molar-refractivity contribution in [2.45, 2.75) is 64.5 Å². The molecule has 0 radical (unpaired) electrons. The van der Waals surface area contributed by atoms with Crippen LogP contribution in [0.3, 0.4) is 0 Å². The van der Waals surface area contributed by atoms with Crippen molar-refractivity contribution in [3.8, 4) is 11.8 Å². The molecule has 0 saturated carbocycles. The third-order valence-electron chi connectivity index (χ3n) is 10.1. The van der Waals surface area contributed by atoms with E-state index in [4.69, 9.17) is 9.47 Å². The molecule has 2 fully saturated rings. The Kier molecular flexibility index (Phi) is 10.8. The van der Waals surface area contributed by atoms with Crippen LogP contribution in [0.25, 0.3) is 22.1 Å². The number of nitrogens with zero attached hydrogens (tertiary/aromatic N) is 10. The molecule has 2 unspecified atom stereocenters. The van der Waals surface area contributed by atoms with Gasteiger partial charge in [0.1, 0.15) is 23.4 Å². The van der Waals surface area contributed by atoms with Gasteiger partial charge in [-0.05, 0) is 53.9 Å². The van der Waals surface area contributed by atoms with Crippen LogP contribution in [0.1, 0.15) is 50.2 Å². The van der Waals surface area contributed by atoms with Crippen LogP contribution in [0.15, 0.2) is 36.9 Å². The Hall–Kier alpha value is -5.50. The van der Waals surface area contributed by atoms with E-state index in [1.165, 1.54) is 21.8 Å². The molecule has 56 heavy (non-hydrogen) atoms. The molecule has 8 rings (SSSR count). The van der Waals surface area contributed by atoms with Crippen molar-refractivity contribution in [1.29, 1.82) is 0 Å². The fourth-order valence-corrected chi connectivity index (χ4v) is 6.96. The molecular formula is C36H46F4N14O2. The molecule has 16 nitrogen and oxygen atoms in total. The fourth-order valence-electron chi connectivity index (χ4n) is 6.96. The molecular weight excluding hydrogens is 736 g/mol. The number of anilines is 4. The first-order valence-corrected chi connectivity index (χ1v) is 18.5. The second-order valence-electron chi connectivity index (χ2n) is 14.1. The molecule has 0 bridgehead atoms. The lowest BCUT2D eigenvalue weighted by molar-refractivity contribution is -0.0984. The Morgan fingerprint density at radius 3 is 1.50 bits per heavy atom.